The molecular formula is C22H25FN4O2. The maximum absolute atomic E-state index is 12.8. The first-order chi connectivity index (χ1) is 14.1. The van der Waals surface area contributed by atoms with Crippen molar-refractivity contribution in [1.82, 2.24) is 14.9 Å². The molecule has 1 aromatic heterocycles. The van der Waals surface area contributed by atoms with E-state index in [1.807, 2.05) is 29.0 Å². The number of ether oxygens (including phenoxy) is 1. The van der Waals surface area contributed by atoms with Crippen molar-refractivity contribution in [3.63, 3.8) is 0 Å². The molecule has 0 fully saturated rings. The lowest BCUT2D eigenvalue weighted by atomic mass is 10.1. The molecule has 0 spiro atoms. The van der Waals surface area contributed by atoms with Gasteiger partial charge in [0.2, 0.25) is 5.91 Å². The van der Waals surface area contributed by atoms with E-state index in [9.17, 15) is 9.18 Å². The summed E-state index contributed by atoms with van der Waals surface area (Å²) in [6.45, 7) is 1.60. The molecule has 3 rings (SSSR count). The minimum Gasteiger partial charge on any atom is -0.494 e. The quantitative estimate of drug-likeness (QED) is 0.516. The zero-order chi connectivity index (χ0) is 20.5. The van der Waals surface area contributed by atoms with Gasteiger partial charge in [-0.2, -0.15) is 0 Å². The van der Waals surface area contributed by atoms with Gasteiger partial charge in [0.25, 0.3) is 0 Å². The van der Waals surface area contributed by atoms with E-state index in [0.717, 1.165) is 12.2 Å². The second kappa shape index (κ2) is 10.4. The van der Waals surface area contributed by atoms with Crippen molar-refractivity contribution < 1.29 is 13.9 Å². The van der Waals surface area contributed by atoms with E-state index in [-0.39, 0.29) is 11.7 Å². The van der Waals surface area contributed by atoms with E-state index in [1.165, 1.54) is 17.7 Å². The van der Waals surface area contributed by atoms with Crippen LogP contribution in [0.1, 0.15) is 17.7 Å². The van der Waals surface area contributed by atoms with Crippen molar-refractivity contribution in [2.45, 2.75) is 25.4 Å². The highest BCUT2D eigenvalue weighted by molar-refractivity contribution is 5.81. The van der Waals surface area contributed by atoms with E-state index in [0.29, 0.717) is 31.7 Å². The zero-order valence-electron chi connectivity index (χ0n) is 16.1. The molecule has 1 amide bonds. The number of hydrogen-bond acceptors (Lipinski definition) is 4. The summed E-state index contributed by atoms with van der Waals surface area (Å²) in [5.74, 6) is 0.0772. The van der Waals surface area contributed by atoms with Crippen molar-refractivity contribution in [2.24, 2.45) is 5.73 Å². The van der Waals surface area contributed by atoms with E-state index < -0.39 is 6.04 Å². The number of benzene rings is 2. The number of imidazole rings is 1. The minimum absolute atomic E-state index is 0.218. The molecule has 7 heteroatoms. The molecule has 1 atom stereocenters. The van der Waals surface area contributed by atoms with Gasteiger partial charge in [-0.05, 0) is 36.2 Å². The van der Waals surface area contributed by atoms with Gasteiger partial charge in [0.1, 0.15) is 11.6 Å². The number of amides is 1. The van der Waals surface area contributed by atoms with E-state index in [1.54, 1.807) is 18.5 Å². The molecular weight excluding hydrogens is 371 g/mol. The van der Waals surface area contributed by atoms with Crippen LogP contribution < -0.4 is 15.8 Å². The Bertz CT molecular complexity index is 897. The predicted octanol–water partition coefficient (Wildman–Crippen LogP) is 2.53. The van der Waals surface area contributed by atoms with Crippen LogP contribution in [0.25, 0.3) is 0 Å². The predicted molar refractivity (Wildman–Crippen MR) is 109 cm³/mol. The van der Waals surface area contributed by atoms with Gasteiger partial charge in [0.15, 0.2) is 0 Å². The molecule has 29 heavy (non-hydrogen) atoms. The van der Waals surface area contributed by atoms with Crippen LogP contribution in [-0.4, -0.2) is 34.7 Å². The van der Waals surface area contributed by atoms with Gasteiger partial charge in [-0.15, -0.1) is 0 Å². The number of nitrogens with one attached hydrogen (secondary N) is 1. The number of hydrogen-bond donors (Lipinski definition) is 2. The van der Waals surface area contributed by atoms with Crippen molar-refractivity contribution >= 4 is 5.91 Å². The summed E-state index contributed by atoms with van der Waals surface area (Å²) in [7, 11) is 0. The van der Waals surface area contributed by atoms with Crippen LogP contribution in [0.3, 0.4) is 0 Å². The molecule has 0 aliphatic rings. The Labute approximate surface area is 169 Å². The first-order valence-electron chi connectivity index (χ1n) is 9.56. The largest absolute Gasteiger partial charge is 0.494 e. The summed E-state index contributed by atoms with van der Waals surface area (Å²) >= 11 is 0. The van der Waals surface area contributed by atoms with Gasteiger partial charge in [-0.1, -0.05) is 30.3 Å². The van der Waals surface area contributed by atoms with Crippen LogP contribution in [0.5, 0.6) is 5.75 Å². The fourth-order valence-electron chi connectivity index (χ4n) is 2.85. The van der Waals surface area contributed by atoms with E-state index in [4.69, 9.17) is 10.5 Å². The number of rotatable bonds is 10. The average Bonchev–Trinajstić information content (AvgIpc) is 3.16. The Morgan fingerprint density at radius 2 is 1.93 bits per heavy atom. The Balaban J connectivity index is 1.35. The van der Waals surface area contributed by atoms with Gasteiger partial charge in [-0.3, -0.25) is 4.79 Å². The lowest BCUT2D eigenvalue weighted by molar-refractivity contribution is -0.122. The highest BCUT2D eigenvalue weighted by Crippen LogP contribution is 2.11. The van der Waals surface area contributed by atoms with E-state index >= 15 is 0 Å². The third-order valence-electron chi connectivity index (χ3n) is 4.36. The molecule has 0 radical (unpaired) electrons. The Kier molecular flexibility index (Phi) is 7.35. The fourth-order valence-corrected chi connectivity index (χ4v) is 2.85. The van der Waals surface area contributed by atoms with Crippen LogP contribution in [0, 0.1) is 5.82 Å². The zero-order valence-corrected chi connectivity index (χ0v) is 16.1. The number of carbonyl (C=O) groups is 1. The van der Waals surface area contributed by atoms with Crippen molar-refractivity contribution in [3.05, 3.63) is 84.2 Å². The van der Waals surface area contributed by atoms with Gasteiger partial charge in [-0.25, -0.2) is 9.37 Å². The Morgan fingerprint density at radius 3 is 2.69 bits per heavy atom. The Hall–Kier alpha value is -3.19. The van der Waals surface area contributed by atoms with Gasteiger partial charge < -0.3 is 20.4 Å². The number of aromatic nitrogens is 2. The number of nitrogens with two attached hydrogens (primary N) is 1. The van der Waals surface area contributed by atoms with Crippen LogP contribution in [-0.2, 0) is 17.8 Å². The van der Waals surface area contributed by atoms with Crippen LogP contribution in [0.4, 0.5) is 4.39 Å². The second-order valence-corrected chi connectivity index (χ2v) is 6.78. The minimum atomic E-state index is -0.659. The summed E-state index contributed by atoms with van der Waals surface area (Å²) in [5.41, 5.74) is 7.97. The molecule has 0 bridgehead atoms. The van der Waals surface area contributed by atoms with Crippen LogP contribution >= 0.6 is 0 Å². The molecule has 1 heterocycles. The molecule has 152 valence electrons. The van der Waals surface area contributed by atoms with Crippen LogP contribution in [0.2, 0.25) is 0 Å². The summed E-state index contributed by atoms with van der Waals surface area (Å²) in [6, 6.07) is 15.3. The first kappa shape index (κ1) is 20.5. The van der Waals surface area contributed by atoms with Gasteiger partial charge in [0.05, 0.1) is 24.7 Å². The van der Waals surface area contributed by atoms with E-state index in [2.05, 4.69) is 22.4 Å². The maximum atomic E-state index is 12.8. The van der Waals surface area contributed by atoms with Gasteiger partial charge >= 0.3 is 0 Å². The molecule has 3 aromatic rings. The maximum Gasteiger partial charge on any atom is 0.237 e. The molecule has 0 aliphatic heterocycles. The highest BCUT2D eigenvalue weighted by atomic mass is 19.1. The topological polar surface area (TPSA) is 82.2 Å². The van der Waals surface area contributed by atoms with Crippen molar-refractivity contribution in [2.75, 3.05) is 13.2 Å². The lowest BCUT2D eigenvalue weighted by Crippen LogP contribution is -2.42. The summed E-state index contributed by atoms with van der Waals surface area (Å²) in [6.07, 6.45) is 4.66. The smallest absolute Gasteiger partial charge is 0.237 e. The standard InChI is InChI=1S/C22H25FN4O2/c23-18-7-9-20(10-8-18)29-12-4-11-25-22(28)21(24)13-19-15-27(16-26-19)14-17-5-2-1-3-6-17/h1-3,5-10,15-16,21H,4,11-14,24H2,(H,25,28)/t21-/m0/s1. The molecule has 2 aromatic carbocycles. The molecule has 0 aliphatic carbocycles. The molecule has 3 N–H and O–H groups in total. The number of nitrogens with zero attached hydrogens (tertiary/aromatic N) is 2. The SMILES string of the molecule is N[C@@H](Cc1cn(Cc2ccccc2)cn1)C(=O)NCCCOc1ccc(F)cc1. The van der Waals surface area contributed by atoms with Crippen molar-refractivity contribution in [1.29, 1.82) is 0 Å². The Morgan fingerprint density at radius 1 is 1.17 bits per heavy atom. The molecule has 0 saturated carbocycles. The molecule has 6 nitrogen and oxygen atoms in total. The summed E-state index contributed by atoms with van der Waals surface area (Å²) in [5, 5.41) is 2.81. The monoisotopic (exact) mass is 396 g/mol. The molecule has 0 unspecified atom stereocenters. The normalized spacial score (nSPS) is 11.8. The summed E-state index contributed by atoms with van der Waals surface area (Å²) in [4.78, 5) is 16.5. The number of halogens is 1. The van der Waals surface area contributed by atoms with Crippen LogP contribution in [0.15, 0.2) is 67.1 Å². The third kappa shape index (κ3) is 6.73. The second-order valence-electron chi connectivity index (χ2n) is 6.78. The number of carbonyl (C=O) groups excluding carboxylic acids is 1. The molecule has 0 saturated heterocycles. The highest BCUT2D eigenvalue weighted by Gasteiger charge is 2.15. The summed E-state index contributed by atoms with van der Waals surface area (Å²) < 4.78 is 20.3. The first-order valence-corrected chi connectivity index (χ1v) is 9.56. The van der Waals surface area contributed by atoms with Crippen molar-refractivity contribution in [3.8, 4) is 5.75 Å². The lowest BCUT2D eigenvalue weighted by Gasteiger charge is -2.11. The van der Waals surface area contributed by atoms with Gasteiger partial charge in [0, 0.05) is 25.7 Å². The average molecular weight is 396 g/mol. The fraction of sp³-hybridized carbons (Fsp3) is 0.273. The third-order valence-corrected chi connectivity index (χ3v) is 4.36.